The van der Waals surface area contributed by atoms with Crippen LogP contribution in [0.5, 0.6) is 0 Å². The number of hydrogen-bond acceptors (Lipinski definition) is 5. The molecule has 1 aromatic carbocycles. The first-order valence-electron chi connectivity index (χ1n) is 5.49. The highest BCUT2D eigenvalue weighted by molar-refractivity contribution is 8.22. The van der Waals surface area contributed by atoms with E-state index < -0.39 is 0 Å². The molecule has 0 radical (unpaired) electrons. The topological polar surface area (TPSA) is 42.2 Å². The molecule has 1 heterocycles. The molecule has 2 rings (SSSR count). The van der Waals surface area contributed by atoms with Crippen LogP contribution in [0.2, 0.25) is 5.02 Å². The minimum absolute atomic E-state index is 0.555. The van der Waals surface area contributed by atoms with E-state index in [9.17, 15) is 0 Å². The number of benzene rings is 1. The van der Waals surface area contributed by atoms with Crippen molar-refractivity contribution in [3.8, 4) is 11.4 Å². The van der Waals surface area contributed by atoms with E-state index >= 15 is 0 Å². The molecule has 4 nitrogen and oxygen atoms in total. The Labute approximate surface area is 126 Å². The molecule has 2 aromatic rings. The summed E-state index contributed by atoms with van der Waals surface area (Å²) in [6.45, 7) is 0. The second-order valence-electron chi connectivity index (χ2n) is 3.97. The molecule has 7 heteroatoms. The van der Waals surface area contributed by atoms with Crippen LogP contribution >= 0.6 is 35.6 Å². The van der Waals surface area contributed by atoms with Gasteiger partial charge in [0.05, 0.1) is 5.75 Å². The van der Waals surface area contributed by atoms with Crippen molar-refractivity contribution < 1.29 is 4.52 Å². The molecular formula is C12H12ClN3OS2. The molecule has 0 aliphatic carbocycles. The highest BCUT2D eigenvalue weighted by atomic mass is 35.5. The van der Waals surface area contributed by atoms with Gasteiger partial charge in [-0.05, 0) is 24.3 Å². The van der Waals surface area contributed by atoms with Crippen LogP contribution in [0.15, 0.2) is 28.8 Å². The maximum absolute atomic E-state index is 5.83. The zero-order chi connectivity index (χ0) is 13.8. The fourth-order valence-corrected chi connectivity index (χ4v) is 2.21. The Morgan fingerprint density at radius 2 is 2.05 bits per heavy atom. The van der Waals surface area contributed by atoms with Crippen molar-refractivity contribution in [2.45, 2.75) is 5.75 Å². The normalized spacial score (nSPS) is 10.5. The number of aromatic nitrogens is 2. The molecule has 0 aliphatic heterocycles. The maximum Gasteiger partial charge on any atom is 0.237 e. The van der Waals surface area contributed by atoms with Gasteiger partial charge in [0.1, 0.15) is 4.32 Å². The van der Waals surface area contributed by atoms with Crippen LogP contribution in [-0.2, 0) is 5.75 Å². The summed E-state index contributed by atoms with van der Waals surface area (Å²) in [6.07, 6.45) is 0. The molecule has 0 N–H and O–H groups in total. The second kappa shape index (κ2) is 6.36. The van der Waals surface area contributed by atoms with Gasteiger partial charge in [0, 0.05) is 24.7 Å². The summed E-state index contributed by atoms with van der Waals surface area (Å²) in [4.78, 5) is 6.19. The third kappa shape index (κ3) is 3.92. The van der Waals surface area contributed by atoms with E-state index in [0.29, 0.717) is 22.5 Å². The van der Waals surface area contributed by atoms with Crippen molar-refractivity contribution in [3.05, 3.63) is 35.2 Å². The van der Waals surface area contributed by atoms with Crippen LogP contribution in [0.25, 0.3) is 11.4 Å². The smallest absolute Gasteiger partial charge is 0.237 e. The zero-order valence-electron chi connectivity index (χ0n) is 10.5. The summed E-state index contributed by atoms with van der Waals surface area (Å²) >= 11 is 12.5. The molecule has 0 unspecified atom stereocenters. The summed E-state index contributed by atoms with van der Waals surface area (Å²) in [5, 5.41) is 4.62. The molecule has 0 amide bonds. The Morgan fingerprint density at radius 3 is 2.68 bits per heavy atom. The van der Waals surface area contributed by atoms with Gasteiger partial charge in [-0.2, -0.15) is 4.98 Å². The van der Waals surface area contributed by atoms with Gasteiger partial charge in [0.25, 0.3) is 0 Å². The van der Waals surface area contributed by atoms with Gasteiger partial charge in [0.15, 0.2) is 0 Å². The predicted molar refractivity (Wildman–Crippen MR) is 82.3 cm³/mol. The summed E-state index contributed by atoms with van der Waals surface area (Å²) in [5.74, 6) is 1.68. The van der Waals surface area contributed by atoms with Crippen LogP contribution in [0.4, 0.5) is 0 Å². The van der Waals surface area contributed by atoms with Gasteiger partial charge in [-0.1, -0.05) is 40.7 Å². The summed E-state index contributed by atoms with van der Waals surface area (Å²) < 4.78 is 5.97. The molecule has 100 valence electrons. The molecule has 0 saturated carbocycles. The molecule has 0 aliphatic rings. The van der Waals surface area contributed by atoms with E-state index in [1.54, 1.807) is 12.1 Å². The average Bonchev–Trinajstić information content (AvgIpc) is 2.85. The highest BCUT2D eigenvalue weighted by Crippen LogP contribution is 2.20. The van der Waals surface area contributed by atoms with Gasteiger partial charge in [-0.15, -0.1) is 0 Å². The number of nitrogens with zero attached hydrogens (tertiary/aromatic N) is 3. The Bertz CT molecular complexity index is 569. The molecule has 0 atom stereocenters. The lowest BCUT2D eigenvalue weighted by atomic mass is 10.2. The van der Waals surface area contributed by atoms with Crippen molar-refractivity contribution in [3.63, 3.8) is 0 Å². The maximum atomic E-state index is 5.83. The lowest BCUT2D eigenvalue weighted by molar-refractivity contribution is 0.392. The minimum Gasteiger partial charge on any atom is -0.364 e. The molecule has 0 bridgehead atoms. The first-order valence-corrected chi connectivity index (χ1v) is 7.26. The standard InChI is InChI=1S/C12H12ClN3OS2/c1-16(2)12(18)19-7-10-14-11(15-17-10)8-3-5-9(13)6-4-8/h3-6H,7H2,1-2H3. The third-order valence-electron chi connectivity index (χ3n) is 2.25. The number of thioether (sulfide) groups is 1. The lowest BCUT2D eigenvalue weighted by Gasteiger charge is -2.10. The van der Waals surface area contributed by atoms with Gasteiger partial charge in [-0.25, -0.2) is 0 Å². The Balaban J connectivity index is 2.03. The van der Waals surface area contributed by atoms with Crippen molar-refractivity contribution >= 4 is 39.9 Å². The van der Waals surface area contributed by atoms with Gasteiger partial charge >= 0.3 is 0 Å². The first kappa shape index (κ1) is 14.3. The largest absolute Gasteiger partial charge is 0.364 e. The Kier molecular flexibility index (Phi) is 4.79. The second-order valence-corrected chi connectivity index (χ2v) is 6.01. The molecule has 0 saturated heterocycles. The summed E-state index contributed by atoms with van der Waals surface area (Å²) in [5.41, 5.74) is 0.875. The number of halogens is 1. The van der Waals surface area contributed by atoms with Gasteiger partial charge in [-0.3, -0.25) is 0 Å². The quantitative estimate of drug-likeness (QED) is 0.808. The monoisotopic (exact) mass is 313 g/mol. The Hall–Kier alpha value is -1.11. The van der Waals surface area contributed by atoms with Crippen LogP contribution < -0.4 is 0 Å². The van der Waals surface area contributed by atoms with Crippen LogP contribution in [0.3, 0.4) is 0 Å². The van der Waals surface area contributed by atoms with E-state index in [4.69, 9.17) is 28.3 Å². The first-order chi connectivity index (χ1) is 9.06. The number of thiocarbonyl (C=S) groups is 1. The third-order valence-corrected chi connectivity index (χ3v) is 4.23. The molecule has 0 fully saturated rings. The summed E-state index contributed by atoms with van der Waals surface area (Å²) in [7, 11) is 3.81. The number of hydrogen-bond donors (Lipinski definition) is 0. The SMILES string of the molecule is CN(C)C(=S)SCc1nc(-c2ccc(Cl)cc2)no1. The molecule has 1 aromatic heterocycles. The number of rotatable bonds is 3. The van der Waals surface area contributed by atoms with E-state index in [1.807, 2.05) is 31.1 Å². The molecule has 0 spiro atoms. The van der Waals surface area contributed by atoms with Crippen LogP contribution in [0.1, 0.15) is 5.89 Å². The van der Waals surface area contributed by atoms with E-state index in [1.165, 1.54) is 11.8 Å². The predicted octanol–water partition coefficient (Wildman–Crippen LogP) is 3.47. The molecular weight excluding hydrogens is 302 g/mol. The lowest BCUT2D eigenvalue weighted by Crippen LogP contribution is -2.16. The summed E-state index contributed by atoms with van der Waals surface area (Å²) in [6, 6.07) is 7.30. The van der Waals surface area contributed by atoms with Gasteiger partial charge in [0.2, 0.25) is 11.7 Å². The van der Waals surface area contributed by atoms with Gasteiger partial charge < -0.3 is 9.42 Å². The van der Waals surface area contributed by atoms with Crippen molar-refractivity contribution in [2.24, 2.45) is 0 Å². The van der Waals surface area contributed by atoms with Crippen LogP contribution in [-0.4, -0.2) is 33.5 Å². The van der Waals surface area contributed by atoms with Crippen LogP contribution in [0, 0.1) is 0 Å². The van der Waals surface area contributed by atoms with Crippen molar-refractivity contribution in [2.75, 3.05) is 14.1 Å². The minimum atomic E-state index is 0.555. The van der Waals surface area contributed by atoms with E-state index in [2.05, 4.69) is 10.1 Å². The van der Waals surface area contributed by atoms with E-state index in [-0.39, 0.29) is 0 Å². The highest BCUT2D eigenvalue weighted by Gasteiger charge is 2.10. The average molecular weight is 314 g/mol. The van der Waals surface area contributed by atoms with Crippen molar-refractivity contribution in [1.29, 1.82) is 0 Å². The molecule has 19 heavy (non-hydrogen) atoms. The fraction of sp³-hybridized carbons (Fsp3) is 0.250. The fourth-order valence-electron chi connectivity index (χ4n) is 1.28. The van der Waals surface area contributed by atoms with E-state index in [0.717, 1.165) is 9.88 Å². The Morgan fingerprint density at radius 1 is 1.37 bits per heavy atom. The van der Waals surface area contributed by atoms with Crippen molar-refractivity contribution in [1.82, 2.24) is 15.0 Å². The zero-order valence-corrected chi connectivity index (χ0v) is 12.8.